The number of carboxylic acids is 1. The van der Waals surface area contributed by atoms with Gasteiger partial charge in [-0.3, -0.25) is 9.69 Å². The van der Waals surface area contributed by atoms with Crippen LogP contribution in [-0.2, 0) is 16.0 Å². The summed E-state index contributed by atoms with van der Waals surface area (Å²) in [5, 5.41) is 8.77. The molecular formula is C14H18N4O4. The lowest BCUT2D eigenvalue weighted by Gasteiger charge is -2.24. The first-order valence-corrected chi connectivity index (χ1v) is 6.70. The Morgan fingerprint density at radius 1 is 1.32 bits per heavy atom. The Kier molecular flexibility index (Phi) is 4.03. The number of nitrogens with one attached hydrogen (secondary N) is 1. The van der Waals surface area contributed by atoms with Crippen LogP contribution >= 0.6 is 0 Å². The van der Waals surface area contributed by atoms with E-state index in [1.807, 2.05) is 0 Å². The maximum Gasteiger partial charge on any atom is 0.415 e. The summed E-state index contributed by atoms with van der Waals surface area (Å²) in [5.74, 6) is -0.299. The number of nitrogens with zero attached hydrogens (tertiary/aromatic N) is 3. The standard InChI is InChI=1S/C14H18N4O4/c1-14(2,3)22-13(21)18(4)10-6-5-8-12(17-10)16-9(15-8)7-11(19)20/h5-6H,7H2,1-4H3,(H,19,20)(H,15,16,17). The summed E-state index contributed by atoms with van der Waals surface area (Å²) in [4.78, 5) is 35.2. The Hall–Kier alpha value is -2.64. The van der Waals surface area contributed by atoms with Gasteiger partial charge in [0.1, 0.15) is 23.7 Å². The molecular weight excluding hydrogens is 288 g/mol. The number of carbonyl (C=O) groups excluding carboxylic acids is 1. The van der Waals surface area contributed by atoms with E-state index in [1.165, 1.54) is 4.90 Å². The summed E-state index contributed by atoms with van der Waals surface area (Å²) >= 11 is 0. The number of hydrogen-bond acceptors (Lipinski definition) is 5. The molecule has 8 heteroatoms. The predicted octanol–water partition coefficient (Wildman–Crippen LogP) is 1.96. The van der Waals surface area contributed by atoms with Crippen molar-refractivity contribution in [2.45, 2.75) is 32.8 Å². The van der Waals surface area contributed by atoms with Gasteiger partial charge in [-0.25, -0.2) is 14.8 Å². The molecule has 0 saturated carbocycles. The van der Waals surface area contributed by atoms with Crippen molar-refractivity contribution in [3.05, 3.63) is 18.0 Å². The molecule has 0 aliphatic carbocycles. The Morgan fingerprint density at radius 3 is 2.59 bits per heavy atom. The van der Waals surface area contributed by atoms with Crippen molar-refractivity contribution in [2.24, 2.45) is 0 Å². The molecule has 0 radical (unpaired) electrons. The molecule has 1 amide bonds. The molecule has 0 aliphatic heterocycles. The maximum atomic E-state index is 12.0. The summed E-state index contributed by atoms with van der Waals surface area (Å²) in [6, 6.07) is 3.33. The lowest BCUT2D eigenvalue weighted by molar-refractivity contribution is -0.136. The summed E-state index contributed by atoms with van der Waals surface area (Å²) < 4.78 is 5.26. The third-order valence-corrected chi connectivity index (χ3v) is 2.71. The number of carbonyl (C=O) groups is 2. The third-order valence-electron chi connectivity index (χ3n) is 2.71. The molecule has 2 aromatic heterocycles. The van der Waals surface area contributed by atoms with Gasteiger partial charge in [-0.2, -0.15) is 0 Å². The van der Waals surface area contributed by atoms with E-state index in [4.69, 9.17) is 9.84 Å². The first kappa shape index (κ1) is 15.7. The molecule has 0 bridgehead atoms. The number of rotatable bonds is 3. The van der Waals surface area contributed by atoms with E-state index in [-0.39, 0.29) is 6.42 Å². The highest BCUT2D eigenvalue weighted by atomic mass is 16.6. The zero-order chi connectivity index (χ0) is 16.5. The quantitative estimate of drug-likeness (QED) is 0.897. The molecule has 2 aromatic rings. The average molecular weight is 306 g/mol. The molecule has 2 N–H and O–H groups in total. The van der Waals surface area contributed by atoms with E-state index in [9.17, 15) is 9.59 Å². The number of anilines is 1. The van der Waals surface area contributed by atoms with Gasteiger partial charge in [0.05, 0.1) is 5.52 Å². The number of aromatic amines is 1. The maximum absolute atomic E-state index is 12.0. The summed E-state index contributed by atoms with van der Waals surface area (Å²) in [7, 11) is 1.55. The minimum absolute atomic E-state index is 0.215. The van der Waals surface area contributed by atoms with Crippen LogP contribution in [0.2, 0.25) is 0 Å². The lowest BCUT2D eigenvalue weighted by Crippen LogP contribution is -2.34. The monoisotopic (exact) mass is 306 g/mol. The molecule has 0 spiro atoms. The summed E-state index contributed by atoms with van der Waals surface area (Å²) in [6.45, 7) is 5.34. The second-order valence-corrected chi connectivity index (χ2v) is 5.83. The number of aromatic nitrogens is 3. The van der Waals surface area contributed by atoms with E-state index in [0.717, 1.165) is 0 Å². The second-order valence-electron chi connectivity index (χ2n) is 5.83. The van der Waals surface area contributed by atoms with Crippen LogP contribution in [0.3, 0.4) is 0 Å². The van der Waals surface area contributed by atoms with Gasteiger partial charge >= 0.3 is 12.1 Å². The molecule has 2 rings (SSSR count). The molecule has 0 unspecified atom stereocenters. The smallest absolute Gasteiger partial charge is 0.415 e. The molecule has 0 aliphatic rings. The number of imidazole rings is 1. The Bertz CT molecular complexity index is 717. The highest BCUT2D eigenvalue weighted by Crippen LogP contribution is 2.18. The van der Waals surface area contributed by atoms with Crippen LogP contribution in [0.5, 0.6) is 0 Å². The lowest BCUT2D eigenvalue weighted by atomic mass is 10.2. The van der Waals surface area contributed by atoms with Crippen molar-refractivity contribution < 1.29 is 19.4 Å². The minimum Gasteiger partial charge on any atom is -0.481 e. The van der Waals surface area contributed by atoms with Crippen molar-refractivity contribution in [3.63, 3.8) is 0 Å². The largest absolute Gasteiger partial charge is 0.481 e. The number of amides is 1. The fourth-order valence-corrected chi connectivity index (χ4v) is 1.77. The van der Waals surface area contributed by atoms with Gasteiger partial charge in [-0.1, -0.05) is 0 Å². The summed E-state index contributed by atoms with van der Waals surface area (Å²) in [5.41, 5.74) is 0.359. The SMILES string of the molecule is CN(C(=O)OC(C)(C)C)c1ccc2[nH]c(CC(=O)O)nc2n1. The van der Waals surface area contributed by atoms with Crippen LogP contribution < -0.4 is 4.90 Å². The molecule has 0 atom stereocenters. The average Bonchev–Trinajstić information content (AvgIpc) is 2.75. The molecule has 0 aromatic carbocycles. The zero-order valence-corrected chi connectivity index (χ0v) is 12.9. The molecule has 118 valence electrons. The predicted molar refractivity (Wildman–Crippen MR) is 79.9 cm³/mol. The number of hydrogen-bond donors (Lipinski definition) is 2. The van der Waals surface area contributed by atoms with Gasteiger partial charge in [0.25, 0.3) is 0 Å². The first-order valence-electron chi connectivity index (χ1n) is 6.70. The van der Waals surface area contributed by atoms with Gasteiger partial charge in [0.15, 0.2) is 5.65 Å². The molecule has 22 heavy (non-hydrogen) atoms. The Morgan fingerprint density at radius 2 is 2.00 bits per heavy atom. The fourth-order valence-electron chi connectivity index (χ4n) is 1.77. The van der Waals surface area contributed by atoms with Crippen molar-refractivity contribution >= 4 is 29.0 Å². The van der Waals surface area contributed by atoms with Gasteiger partial charge in [-0.15, -0.1) is 0 Å². The van der Waals surface area contributed by atoms with E-state index < -0.39 is 17.7 Å². The van der Waals surface area contributed by atoms with Gasteiger partial charge in [0, 0.05) is 7.05 Å². The first-order chi connectivity index (χ1) is 10.2. The van der Waals surface area contributed by atoms with E-state index in [0.29, 0.717) is 22.8 Å². The van der Waals surface area contributed by atoms with E-state index >= 15 is 0 Å². The third kappa shape index (κ3) is 3.72. The number of pyridine rings is 1. The van der Waals surface area contributed by atoms with Crippen LogP contribution in [0.1, 0.15) is 26.6 Å². The Balaban J connectivity index is 2.24. The van der Waals surface area contributed by atoms with Crippen LogP contribution in [0.15, 0.2) is 12.1 Å². The molecule has 0 saturated heterocycles. The van der Waals surface area contributed by atoms with Crippen LogP contribution in [0, 0.1) is 0 Å². The highest BCUT2D eigenvalue weighted by Gasteiger charge is 2.21. The number of ether oxygens (including phenoxy) is 1. The Labute approximate surface area is 127 Å². The summed E-state index contributed by atoms with van der Waals surface area (Å²) in [6.07, 6.45) is -0.742. The van der Waals surface area contributed by atoms with Crippen LogP contribution in [-0.4, -0.2) is 44.8 Å². The van der Waals surface area contributed by atoms with E-state index in [1.54, 1.807) is 40.0 Å². The van der Waals surface area contributed by atoms with Crippen molar-refractivity contribution in [2.75, 3.05) is 11.9 Å². The normalized spacial score (nSPS) is 11.5. The van der Waals surface area contributed by atoms with Gasteiger partial charge in [-0.05, 0) is 32.9 Å². The van der Waals surface area contributed by atoms with Gasteiger partial charge < -0.3 is 14.8 Å². The topological polar surface area (TPSA) is 108 Å². The van der Waals surface area contributed by atoms with Crippen molar-refractivity contribution in [1.82, 2.24) is 15.0 Å². The molecule has 0 fully saturated rings. The zero-order valence-electron chi connectivity index (χ0n) is 12.9. The number of H-pyrrole nitrogens is 1. The van der Waals surface area contributed by atoms with Crippen molar-refractivity contribution in [3.8, 4) is 0 Å². The number of aliphatic carboxylic acids is 1. The van der Waals surface area contributed by atoms with E-state index in [2.05, 4.69) is 15.0 Å². The van der Waals surface area contributed by atoms with Gasteiger partial charge in [0.2, 0.25) is 0 Å². The second kappa shape index (κ2) is 5.63. The van der Waals surface area contributed by atoms with Crippen LogP contribution in [0.25, 0.3) is 11.2 Å². The van der Waals surface area contributed by atoms with Crippen molar-refractivity contribution in [1.29, 1.82) is 0 Å². The molecule has 8 nitrogen and oxygen atoms in total. The highest BCUT2D eigenvalue weighted by molar-refractivity contribution is 5.87. The number of fused-ring (bicyclic) bond motifs is 1. The minimum atomic E-state index is -0.981. The fraction of sp³-hybridized carbons (Fsp3) is 0.429. The number of carboxylic acid groups (broad SMARTS) is 1. The molecule has 2 heterocycles. The van der Waals surface area contributed by atoms with Crippen LogP contribution in [0.4, 0.5) is 10.6 Å².